The van der Waals surface area contributed by atoms with E-state index < -0.39 is 6.10 Å². The minimum absolute atomic E-state index is 0. The Morgan fingerprint density at radius 3 is 2.00 bits per heavy atom. The van der Waals surface area contributed by atoms with E-state index in [0.717, 1.165) is 12.1 Å². The van der Waals surface area contributed by atoms with Crippen molar-refractivity contribution in [3.8, 4) is 0 Å². The predicted molar refractivity (Wildman–Crippen MR) is 137 cm³/mol. The van der Waals surface area contributed by atoms with Gasteiger partial charge in [0.25, 0.3) is 0 Å². The van der Waals surface area contributed by atoms with Gasteiger partial charge in [-0.05, 0) is 24.0 Å². The smallest absolute Gasteiger partial charge is 0.191 e. The van der Waals surface area contributed by atoms with Gasteiger partial charge in [-0.2, -0.15) is 0 Å². The number of aliphatic imine (C=N–C) groups is 1. The highest BCUT2D eigenvalue weighted by Gasteiger charge is 2.08. The fourth-order valence-corrected chi connectivity index (χ4v) is 2.75. The Kier molecular flexibility index (Phi) is 15.0. The van der Waals surface area contributed by atoms with Gasteiger partial charge in [-0.3, -0.25) is 4.99 Å². The predicted octanol–water partition coefficient (Wildman–Crippen LogP) is 3.59. The molecule has 0 bridgehead atoms. The second kappa shape index (κ2) is 16.9. The molecule has 172 valence electrons. The van der Waals surface area contributed by atoms with E-state index in [1.165, 1.54) is 5.56 Å². The van der Waals surface area contributed by atoms with Crippen LogP contribution < -0.4 is 10.6 Å². The summed E-state index contributed by atoms with van der Waals surface area (Å²) in [4.78, 5) is 4.60. The Morgan fingerprint density at radius 2 is 1.45 bits per heavy atom. The van der Waals surface area contributed by atoms with Crippen molar-refractivity contribution in [3.63, 3.8) is 0 Å². The molecule has 0 spiro atoms. The van der Waals surface area contributed by atoms with Crippen molar-refractivity contribution < 1.29 is 14.6 Å². The zero-order valence-electron chi connectivity index (χ0n) is 18.5. The molecule has 7 heteroatoms. The topological polar surface area (TPSA) is 75.1 Å². The molecule has 2 unspecified atom stereocenters. The molecule has 0 aliphatic rings. The number of ether oxygens (including phenoxy) is 2. The van der Waals surface area contributed by atoms with Crippen LogP contribution in [0.2, 0.25) is 0 Å². The summed E-state index contributed by atoms with van der Waals surface area (Å²) in [6.07, 6.45) is -0.607. The summed E-state index contributed by atoms with van der Waals surface area (Å²) in [5, 5.41) is 16.5. The van der Waals surface area contributed by atoms with E-state index in [4.69, 9.17) is 9.47 Å². The molecule has 0 aromatic heterocycles. The number of nitrogens with zero attached hydrogens (tertiary/aromatic N) is 1. The van der Waals surface area contributed by atoms with Gasteiger partial charge in [0, 0.05) is 19.6 Å². The highest BCUT2D eigenvalue weighted by molar-refractivity contribution is 14.0. The van der Waals surface area contributed by atoms with E-state index in [0.29, 0.717) is 44.8 Å². The summed E-state index contributed by atoms with van der Waals surface area (Å²) in [5.74, 6) is 0.984. The molecule has 0 aliphatic carbocycles. The van der Waals surface area contributed by atoms with Crippen molar-refractivity contribution in [1.29, 1.82) is 0 Å². The lowest BCUT2D eigenvalue weighted by Crippen LogP contribution is -2.42. The van der Waals surface area contributed by atoms with Crippen LogP contribution in [0.15, 0.2) is 65.7 Å². The minimum Gasteiger partial charge on any atom is -0.389 e. The van der Waals surface area contributed by atoms with E-state index >= 15 is 0 Å². The molecule has 0 heterocycles. The van der Waals surface area contributed by atoms with E-state index in [1.807, 2.05) is 55.5 Å². The Balaban J connectivity index is 0.00000480. The minimum atomic E-state index is -0.607. The lowest BCUT2D eigenvalue weighted by molar-refractivity contribution is 0.0308. The van der Waals surface area contributed by atoms with Crippen LogP contribution in [0.5, 0.6) is 0 Å². The van der Waals surface area contributed by atoms with Crippen molar-refractivity contribution in [2.45, 2.75) is 33.2 Å². The number of halogens is 1. The SMILES string of the molecule is CCNC(=NCC(C)COCc1ccccc1)NCC(O)COCc1ccccc1.I. The van der Waals surface area contributed by atoms with Gasteiger partial charge in [-0.25, -0.2) is 0 Å². The fraction of sp³-hybridized carbons (Fsp3) is 0.458. The van der Waals surface area contributed by atoms with Crippen LogP contribution in [0, 0.1) is 5.92 Å². The van der Waals surface area contributed by atoms with Gasteiger partial charge in [0.2, 0.25) is 0 Å². The van der Waals surface area contributed by atoms with E-state index in [1.54, 1.807) is 0 Å². The van der Waals surface area contributed by atoms with Crippen LogP contribution in [0.4, 0.5) is 0 Å². The molecule has 31 heavy (non-hydrogen) atoms. The molecular formula is C24H36IN3O3. The van der Waals surface area contributed by atoms with Crippen LogP contribution in [0.25, 0.3) is 0 Å². The molecule has 2 aromatic carbocycles. The van der Waals surface area contributed by atoms with Crippen LogP contribution in [-0.2, 0) is 22.7 Å². The molecular weight excluding hydrogens is 505 g/mol. The Morgan fingerprint density at radius 1 is 0.903 bits per heavy atom. The Bertz CT molecular complexity index is 717. The number of rotatable bonds is 13. The van der Waals surface area contributed by atoms with Crippen molar-refractivity contribution in [3.05, 3.63) is 71.8 Å². The molecule has 0 saturated heterocycles. The third kappa shape index (κ3) is 12.7. The number of nitrogens with one attached hydrogen (secondary N) is 2. The number of hydrogen-bond donors (Lipinski definition) is 3. The first kappa shape index (κ1) is 27.4. The molecule has 6 nitrogen and oxygen atoms in total. The van der Waals surface area contributed by atoms with Crippen LogP contribution in [-0.4, -0.2) is 50.0 Å². The van der Waals surface area contributed by atoms with E-state index in [-0.39, 0.29) is 30.6 Å². The quantitative estimate of drug-likeness (QED) is 0.205. The molecule has 0 radical (unpaired) electrons. The second-order valence-electron chi connectivity index (χ2n) is 7.36. The summed E-state index contributed by atoms with van der Waals surface area (Å²) in [7, 11) is 0. The maximum atomic E-state index is 10.2. The monoisotopic (exact) mass is 541 g/mol. The van der Waals surface area contributed by atoms with Crippen molar-refractivity contribution in [2.24, 2.45) is 10.9 Å². The number of benzene rings is 2. The average molecular weight is 541 g/mol. The largest absolute Gasteiger partial charge is 0.389 e. The second-order valence-corrected chi connectivity index (χ2v) is 7.36. The zero-order chi connectivity index (χ0) is 21.4. The number of aliphatic hydroxyl groups excluding tert-OH is 1. The van der Waals surface area contributed by atoms with Gasteiger partial charge >= 0.3 is 0 Å². The normalized spacial score (nSPS) is 13.2. The molecule has 3 N–H and O–H groups in total. The molecule has 2 rings (SSSR count). The maximum absolute atomic E-state index is 10.2. The molecule has 0 saturated carbocycles. The van der Waals surface area contributed by atoms with Crippen molar-refractivity contribution in [1.82, 2.24) is 10.6 Å². The van der Waals surface area contributed by atoms with Gasteiger partial charge in [0.1, 0.15) is 0 Å². The third-order valence-electron chi connectivity index (χ3n) is 4.35. The number of guanidine groups is 1. The molecule has 0 aliphatic heterocycles. The molecule has 0 amide bonds. The fourth-order valence-electron chi connectivity index (χ4n) is 2.75. The first-order chi connectivity index (χ1) is 14.7. The standard InChI is InChI=1S/C24H35N3O3.HI/c1-3-25-24(26-14-20(2)16-29-17-21-10-6-4-7-11-21)27-15-23(28)19-30-18-22-12-8-5-9-13-22;/h4-13,20,23,28H,3,14-19H2,1-2H3,(H2,25,26,27);1H. The highest BCUT2D eigenvalue weighted by atomic mass is 127. The highest BCUT2D eigenvalue weighted by Crippen LogP contribution is 2.04. The molecule has 2 aromatic rings. The first-order valence-corrected chi connectivity index (χ1v) is 10.6. The third-order valence-corrected chi connectivity index (χ3v) is 4.35. The van der Waals surface area contributed by atoms with Gasteiger partial charge in [0.05, 0.1) is 32.5 Å². The lowest BCUT2D eigenvalue weighted by atomic mass is 10.2. The first-order valence-electron chi connectivity index (χ1n) is 10.6. The zero-order valence-corrected chi connectivity index (χ0v) is 20.8. The summed E-state index contributed by atoms with van der Waals surface area (Å²) >= 11 is 0. The van der Waals surface area contributed by atoms with Crippen molar-refractivity contribution in [2.75, 3.05) is 32.8 Å². The summed E-state index contributed by atoms with van der Waals surface area (Å²) in [5.41, 5.74) is 2.27. The van der Waals surface area contributed by atoms with Gasteiger partial charge in [-0.1, -0.05) is 67.6 Å². The van der Waals surface area contributed by atoms with Crippen LogP contribution in [0.3, 0.4) is 0 Å². The van der Waals surface area contributed by atoms with Crippen molar-refractivity contribution >= 4 is 29.9 Å². The average Bonchev–Trinajstić information content (AvgIpc) is 2.77. The summed E-state index contributed by atoms with van der Waals surface area (Å²) < 4.78 is 11.4. The summed E-state index contributed by atoms with van der Waals surface area (Å²) in [6, 6.07) is 20.1. The Labute approximate surface area is 203 Å². The van der Waals surface area contributed by atoms with Gasteiger partial charge in [-0.15, -0.1) is 24.0 Å². The maximum Gasteiger partial charge on any atom is 0.191 e. The molecule has 2 atom stereocenters. The molecule has 0 fully saturated rings. The van der Waals surface area contributed by atoms with Crippen LogP contribution in [0.1, 0.15) is 25.0 Å². The summed E-state index contributed by atoms with van der Waals surface area (Å²) in [6.45, 7) is 7.93. The Hall–Kier alpha value is -1.68. The van der Waals surface area contributed by atoms with E-state index in [2.05, 4.69) is 34.7 Å². The number of aliphatic hydroxyl groups is 1. The van der Waals surface area contributed by atoms with E-state index in [9.17, 15) is 5.11 Å². The number of hydrogen-bond acceptors (Lipinski definition) is 4. The van der Waals surface area contributed by atoms with Crippen LogP contribution >= 0.6 is 24.0 Å². The van der Waals surface area contributed by atoms with Gasteiger partial charge < -0.3 is 25.2 Å². The van der Waals surface area contributed by atoms with Gasteiger partial charge in [0.15, 0.2) is 5.96 Å². The lowest BCUT2D eigenvalue weighted by Gasteiger charge is -2.16.